The summed E-state index contributed by atoms with van der Waals surface area (Å²) in [7, 11) is 0. The number of nitrogens with one attached hydrogen (secondary N) is 1. The molecule has 0 saturated carbocycles. The molecule has 5 rings (SSSR count). The van der Waals surface area contributed by atoms with Crippen molar-refractivity contribution in [3.05, 3.63) is 53.5 Å². The molecule has 15 heteroatoms. The zero-order valence-electron chi connectivity index (χ0n) is 19.4. The van der Waals surface area contributed by atoms with Crippen LogP contribution in [0.2, 0.25) is 0 Å². The number of fused-ring (bicyclic) bond motifs is 1. The van der Waals surface area contributed by atoms with Gasteiger partial charge in [-0.3, -0.25) is 4.68 Å². The van der Waals surface area contributed by atoms with Crippen LogP contribution in [0.1, 0.15) is 18.9 Å². The summed E-state index contributed by atoms with van der Waals surface area (Å²) in [6, 6.07) is 7.10. The van der Waals surface area contributed by atoms with Gasteiger partial charge in [0.25, 0.3) is 0 Å². The number of aromatic nitrogens is 6. The number of pyridine rings is 1. The normalized spacial score (nSPS) is 16.1. The molecule has 10 nitrogen and oxygen atoms in total. The molecule has 0 spiro atoms. The zero-order valence-corrected chi connectivity index (χ0v) is 21.0. The van der Waals surface area contributed by atoms with Gasteiger partial charge in [-0.05, 0) is 40.5 Å². The molecule has 0 unspecified atom stereocenters. The third-order valence-corrected chi connectivity index (χ3v) is 6.42. The van der Waals surface area contributed by atoms with Crippen molar-refractivity contribution in [2.75, 3.05) is 18.0 Å². The van der Waals surface area contributed by atoms with Crippen LogP contribution in [0.3, 0.4) is 0 Å². The highest BCUT2D eigenvalue weighted by Gasteiger charge is 2.38. The quantitative estimate of drug-likeness (QED) is 0.250. The number of H-pyrrole nitrogens is 1. The lowest BCUT2D eigenvalue weighted by atomic mass is 9.96. The minimum Gasteiger partial charge on any atom is -0.475 e. The molecule has 4 aromatic rings. The average molecular weight is 595 g/mol. The minimum atomic E-state index is -5.08. The first kappa shape index (κ1) is 27.0. The van der Waals surface area contributed by atoms with E-state index in [1.165, 1.54) is 12.4 Å². The van der Waals surface area contributed by atoms with E-state index >= 15 is 0 Å². The number of hydrogen-bond acceptors (Lipinski definition) is 7. The van der Waals surface area contributed by atoms with E-state index in [1.54, 1.807) is 12.3 Å². The second-order valence-corrected chi connectivity index (χ2v) is 9.15. The van der Waals surface area contributed by atoms with Gasteiger partial charge in [0, 0.05) is 42.4 Å². The first-order valence-electron chi connectivity index (χ1n) is 11.1. The molecular weight excluding hydrogens is 576 g/mol. The average Bonchev–Trinajstić information content (AvgIpc) is 3.64. The fourth-order valence-corrected chi connectivity index (χ4v) is 4.54. The van der Waals surface area contributed by atoms with Crippen LogP contribution >= 0.6 is 15.9 Å². The molecular formula is C23H19BrF4N8O2. The van der Waals surface area contributed by atoms with E-state index in [4.69, 9.17) is 9.90 Å². The van der Waals surface area contributed by atoms with E-state index in [-0.39, 0.29) is 17.8 Å². The minimum absolute atomic E-state index is 0.123. The fraction of sp³-hybridized carbons (Fsp3) is 0.304. The summed E-state index contributed by atoms with van der Waals surface area (Å²) in [5.74, 6) is -2.62. The smallest absolute Gasteiger partial charge is 0.475 e. The van der Waals surface area contributed by atoms with Gasteiger partial charge in [0.15, 0.2) is 11.6 Å². The lowest BCUT2D eigenvalue weighted by molar-refractivity contribution is -0.192. The van der Waals surface area contributed by atoms with Crippen LogP contribution in [0.5, 0.6) is 0 Å². The number of nitrogens with zero attached hydrogens (tertiary/aromatic N) is 7. The standard InChI is InChI=1S/C21H18BrFN8.C2HF3O2/c22-18-2-1-16(23)21(29-18)30-8-5-13(10-30)17(3-6-24)31-11-14(9-28-31)19-15-4-7-25-20(15)27-12-26-19;3-2(4,5)1(6)7/h1-2,4,7,9,11-13,17H,3,5,8,10H2,(H,25,26,27);(H,6,7)/t13-,17-;/m0./s1. The van der Waals surface area contributed by atoms with Crippen LogP contribution < -0.4 is 4.90 Å². The number of aromatic amines is 1. The van der Waals surface area contributed by atoms with Crippen molar-refractivity contribution in [2.45, 2.75) is 25.1 Å². The van der Waals surface area contributed by atoms with Gasteiger partial charge in [0.2, 0.25) is 0 Å². The van der Waals surface area contributed by atoms with Crippen molar-refractivity contribution in [2.24, 2.45) is 5.92 Å². The summed E-state index contributed by atoms with van der Waals surface area (Å²) in [6.07, 6.45) is 3.10. The molecule has 0 aliphatic carbocycles. The van der Waals surface area contributed by atoms with E-state index in [0.29, 0.717) is 29.9 Å². The molecule has 5 heterocycles. The van der Waals surface area contributed by atoms with E-state index in [9.17, 15) is 22.8 Å². The predicted octanol–water partition coefficient (Wildman–Crippen LogP) is 4.73. The Morgan fingerprint density at radius 3 is 2.79 bits per heavy atom. The Morgan fingerprint density at radius 2 is 2.08 bits per heavy atom. The highest BCUT2D eigenvalue weighted by atomic mass is 79.9. The lowest BCUT2D eigenvalue weighted by Gasteiger charge is -2.23. The monoisotopic (exact) mass is 594 g/mol. The third kappa shape index (κ3) is 5.91. The second kappa shape index (κ2) is 11.1. The Kier molecular flexibility index (Phi) is 7.91. The molecule has 2 atom stereocenters. The number of rotatable bonds is 5. The molecule has 0 bridgehead atoms. The molecule has 2 N–H and O–H groups in total. The van der Waals surface area contributed by atoms with Crippen molar-refractivity contribution < 1.29 is 27.5 Å². The Labute approximate surface area is 221 Å². The number of carboxylic acid groups (broad SMARTS) is 1. The van der Waals surface area contributed by atoms with Crippen LogP contribution in [0.15, 0.2) is 47.7 Å². The van der Waals surface area contributed by atoms with Gasteiger partial charge in [-0.25, -0.2) is 24.1 Å². The van der Waals surface area contributed by atoms with Gasteiger partial charge in [0.1, 0.15) is 16.6 Å². The molecule has 1 saturated heterocycles. The lowest BCUT2D eigenvalue weighted by Crippen LogP contribution is -2.26. The highest BCUT2D eigenvalue weighted by Crippen LogP contribution is 2.34. The summed E-state index contributed by atoms with van der Waals surface area (Å²) in [5.41, 5.74) is 2.42. The van der Waals surface area contributed by atoms with Crippen molar-refractivity contribution in [3.8, 4) is 17.3 Å². The summed E-state index contributed by atoms with van der Waals surface area (Å²) < 4.78 is 48.5. The van der Waals surface area contributed by atoms with Gasteiger partial charge in [-0.2, -0.15) is 23.5 Å². The predicted molar refractivity (Wildman–Crippen MR) is 130 cm³/mol. The van der Waals surface area contributed by atoms with Gasteiger partial charge in [0.05, 0.1) is 30.4 Å². The molecule has 1 aliphatic heterocycles. The summed E-state index contributed by atoms with van der Waals surface area (Å²) >= 11 is 3.31. The van der Waals surface area contributed by atoms with Crippen molar-refractivity contribution in [1.82, 2.24) is 29.7 Å². The number of nitriles is 1. The number of alkyl halides is 3. The van der Waals surface area contributed by atoms with Gasteiger partial charge in [-0.1, -0.05) is 0 Å². The van der Waals surface area contributed by atoms with Crippen LogP contribution in [-0.4, -0.2) is 60.1 Å². The topological polar surface area (TPSA) is 137 Å². The summed E-state index contributed by atoms with van der Waals surface area (Å²) in [6.45, 7) is 1.29. The molecule has 198 valence electrons. The van der Waals surface area contributed by atoms with E-state index < -0.39 is 12.1 Å². The van der Waals surface area contributed by atoms with E-state index in [1.807, 2.05) is 28.0 Å². The number of carboxylic acids is 1. The first-order chi connectivity index (χ1) is 18.1. The number of hydrogen-bond donors (Lipinski definition) is 2. The highest BCUT2D eigenvalue weighted by molar-refractivity contribution is 9.10. The van der Waals surface area contributed by atoms with Crippen LogP contribution in [0.25, 0.3) is 22.3 Å². The maximum absolute atomic E-state index is 14.3. The van der Waals surface area contributed by atoms with Crippen molar-refractivity contribution in [3.63, 3.8) is 0 Å². The van der Waals surface area contributed by atoms with Crippen molar-refractivity contribution >= 4 is 38.8 Å². The molecule has 38 heavy (non-hydrogen) atoms. The summed E-state index contributed by atoms with van der Waals surface area (Å²) in [5, 5.41) is 22.1. The molecule has 4 aromatic heterocycles. The van der Waals surface area contributed by atoms with Gasteiger partial charge < -0.3 is 15.0 Å². The maximum atomic E-state index is 14.3. The Hall–Kier alpha value is -4.06. The Morgan fingerprint density at radius 1 is 1.32 bits per heavy atom. The first-order valence-corrected chi connectivity index (χ1v) is 11.9. The maximum Gasteiger partial charge on any atom is 0.490 e. The van der Waals surface area contributed by atoms with E-state index in [2.05, 4.69) is 47.0 Å². The van der Waals surface area contributed by atoms with Crippen LogP contribution in [0.4, 0.5) is 23.4 Å². The molecule has 1 fully saturated rings. The second-order valence-electron chi connectivity index (χ2n) is 8.34. The zero-order chi connectivity index (χ0) is 27.4. The van der Waals surface area contributed by atoms with Crippen molar-refractivity contribution in [1.29, 1.82) is 5.26 Å². The fourth-order valence-electron chi connectivity index (χ4n) is 4.24. The van der Waals surface area contributed by atoms with Gasteiger partial charge >= 0.3 is 12.1 Å². The molecule has 0 aromatic carbocycles. The Bertz CT molecular complexity index is 1480. The number of aliphatic carboxylic acids is 1. The number of anilines is 1. The largest absolute Gasteiger partial charge is 0.490 e. The number of carbonyl (C=O) groups is 1. The van der Waals surface area contributed by atoms with Gasteiger partial charge in [-0.15, -0.1) is 0 Å². The molecule has 0 radical (unpaired) electrons. The van der Waals surface area contributed by atoms with E-state index in [0.717, 1.165) is 28.7 Å². The molecule has 1 aliphatic rings. The third-order valence-electron chi connectivity index (χ3n) is 5.97. The molecule has 0 amide bonds. The van der Waals surface area contributed by atoms with Crippen LogP contribution in [-0.2, 0) is 4.79 Å². The number of halogens is 5. The summed E-state index contributed by atoms with van der Waals surface area (Å²) in [4.78, 5) is 26.9. The SMILES string of the molecule is N#CC[C@@H]([C@H]1CCN(c2nc(Br)ccc2F)C1)n1cc(-c2ncnc3[nH]ccc23)cn1.O=C(O)C(F)(F)F. The Balaban J connectivity index is 0.000000426. The van der Waals surface area contributed by atoms with Crippen LogP contribution in [0, 0.1) is 23.1 Å².